The van der Waals surface area contributed by atoms with E-state index >= 15 is 0 Å². The Morgan fingerprint density at radius 1 is 1.18 bits per heavy atom. The van der Waals surface area contributed by atoms with Crippen LogP contribution in [0.2, 0.25) is 0 Å². The van der Waals surface area contributed by atoms with E-state index in [1.807, 2.05) is 42.5 Å². The van der Waals surface area contributed by atoms with Crippen LogP contribution in [0.1, 0.15) is 48.5 Å². The molecule has 2 heterocycles. The number of allylic oxidation sites excluding steroid dienone is 4. The Kier molecular flexibility index (Phi) is 6.79. The van der Waals surface area contributed by atoms with Gasteiger partial charge in [-0.05, 0) is 73.6 Å². The van der Waals surface area contributed by atoms with Crippen molar-refractivity contribution in [3.8, 4) is 0 Å². The summed E-state index contributed by atoms with van der Waals surface area (Å²) in [4.78, 5) is 27.0. The lowest BCUT2D eigenvalue weighted by Gasteiger charge is -2.30. The standard InChI is InChI=1S/C27H27FIN3O5S/c1-13-18(6-5-7-20(13)31-38(4,35)36)22-15(3)32(17-9-10-17)26(33)23-24(14(2)27(34)37-25(22)23)30-21-11-8-16(29)12-19(21)28/h5-8,11-13,17-18,30-31H,9-10H2,1-4H3/t13-,18-/m0/s1. The van der Waals surface area contributed by atoms with Gasteiger partial charge in [0.15, 0.2) is 5.58 Å². The molecule has 5 rings (SSSR count). The fourth-order valence-corrected chi connectivity index (χ4v) is 6.24. The Hall–Kier alpha value is -2.93. The SMILES string of the molecule is Cc1c(Nc2ccc(I)cc2F)c2c(=O)n(C3CC3)c(C)c([C@H]3C=CC=C(NS(C)(=O)=O)[C@H]3C)c2oc1=O. The summed E-state index contributed by atoms with van der Waals surface area (Å²) in [5.41, 5.74) is 1.43. The average Bonchev–Trinajstić information content (AvgIpc) is 3.65. The zero-order chi connectivity index (χ0) is 27.5. The molecule has 1 fully saturated rings. The highest BCUT2D eigenvalue weighted by Gasteiger charge is 2.35. The van der Waals surface area contributed by atoms with E-state index in [9.17, 15) is 22.4 Å². The van der Waals surface area contributed by atoms with Gasteiger partial charge in [-0.15, -0.1) is 0 Å². The van der Waals surface area contributed by atoms with Gasteiger partial charge in [0, 0.05) is 38.4 Å². The van der Waals surface area contributed by atoms with Crippen molar-refractivity contribution in [3.05, 3.63) is 89.1 Å². The molecule has 0 unspecified atom stereocenters. The molecular formula is C27H27FIN3O5S. The second kappa shape index (κ2) is 9.67. The van der Waals surface area contributed by atoms with Crippen LogP contribution in [0.15, 0.2) is 56.1 Å². The minimum atomic E-state index is -3.52. The van der Waals surface area contributed by atoms with E-state index in [-0.39, 0.29) is 45.4 Å². The number of sulfonamides is 1. The Bertz CT molecular complexity index is 1770. The molecule has 38 heavy (non-hydrogen) atoms. The van der Waals surface area contributed by atoms with E-state index in [0.717, 1.165) is 19.1 Å². The van der Waals surface area contributed by atoms with E-state index in [4.69, 9.17) is 4.42 Å². The molecule has 0 radical (unpaired) electrons. The molecule has 2 aliphatic rings. The maximum Gasteiger partial charge on any atom is 0.341 e. The van der Waals surface area contributed by atoms with Crippen molar-refractivity contribution in [1.82, 2.24) is 9.29 Å². The van der Waals surface area contributed by atoms with Gasteiger partial charge in [-0.1, -0.05) is 19.1 Å². The number of pyridine rings is 1. The Labute approximate surface area is 232 Å². The maximum atomic E-state index is 14.8. The molecule has 1 saturated carbocycles. The molecule has 0 amide bonds. The molecule has 1 aromatic carbocycles. The van der Waals surface area contributed by atoms with Crippen molar-refractivity contribution in [2.45, 2.75) is 45.6 Å². The molecule has 0 saturated heterocycles. The lowest BCUT2D eigenvalue weighted by Crippen LogP contribution is -2.31. The van der Waals surface area contributed by atoms with Crippen LogP contribution in [0, 0.1) is 29.2 Å². The predicted molar refractivity (Wildman–Crippen MR) is 154 cm³/mol. The summed E-state index contributed by atoms with van der Waals surface area (Å²) in [5, 5.41) is 3.17. The van der Waals surface area contributed by atoms with Crippen molar-refractivity contribution in [1.29, 1.82) is 0 Å². The average molecular weight is 651 g/mol. The molecule has 200 valence electrons. The molecule has 8 nitrogen and oxygen atoms in total. The van der Waals surface area contributed by atoms with Gasteiger partial charge in [-0.3, -0.25) is 9.52 Å². The smallest absolute Gasteiger partial charge is 0.341 e. The molecular weight excluding hydrogens is 624 g/mol. The van der Waals surface area contributed by atoms with Crippen molar-refractivity contribution < 1.29 is 17.2 Å². The van der Waals surface area contributed by atoms with E-state index in [1.54, 1.807) is 35.8 Å². The van der Waals surface area contributed by atoms with Crippen LogP contribution < -0.4 is 21.2 Å². The van der Waals surface area contributed by atoms with Crippen LogP contribution in [-0.4, -0.2) is 19.2 Å². The monoisotopic (exact) mass is 651 g/mol. The minimum absolute atomic E-state index is 0.00723. The van der Waals surface area contributed by atoms with Crippen LogP contribution in [0.25, 0.3) is 11.0 Å². The molecule has 2 atom stereocenters. The first kappa shape index (κ1) is 26.7. The second-order valence-corrected chi connectivity index (χ2v) is 12.9. The first-order valence-electron chi connectivity index (χ1n) is 12.2. The fourth-order valence-electron chi connectivity index (χ4n) is 5.11. The number of aromatic nitrogens is 1. The molecule has 0 aliphatic heterocycles. The number of hydrogen-bond donors (Lipinski definition) is 2. The first-order chi connectivity index (χ1) is 17.9. The summed E-state index contributed by atoms with van der Waals surface area (Å²) < 4.78 is 49.6. The second-order valence-electron chi connectivity index (χ2n) is 9.94. The lowest BCUT2D eigenvalue weighted by atomic mass is 9.80. The first-order valence-corrected chi connectivity index (χ1v) is 15.1. The summed E-state index contributed by atoms with van der Waals surface area (Å²) in [6.45, 7) is 5.24. The zero-order valence-corrected chi connectivity index (χ0v) is 24.2. The molecule has 0 spiro atoms. The van der Waals surface area contributed by atoms with Crippen molar-refractivity contribution in [2.24, 2.45) is 5.92 Å². The molecule has 3 aromatic rings. The van der Waals surface area contributed by atoms with Gasteiger partial charge in [0.05, 0.1) is 23.2 Å². The number of fused-ring (bicyclic) bond motifs is 1. The maximum absolute atomic E-state index is 14.8. The zero-order valence-electron chi connectivity index (χ0n) is 21.3. The summed E-state index contributed by atoms with van der Waals surface area (Å²) in [5.74, 6) is -1.25. The van der Waals surface area contributed by atoms with Crippen molar-refractivity contribution in [3.63, 3.8) is 0 Å². The number of benzene rings is 1. The highest BCUT2D eigenvalue weighted by Crippen LogP contribution is 2.43. The van der Waals surface area contributed by atoms with E-state index in [0.29, 0.717) is 20.5 Å². The van der Waals surface area contributed by atoms with E-state index in [2.05, 4.69) is 10.0 Å². The van der Waals surface area contributed by atoms with Gasteiger partial charge in [-0.25, -0.2) is 17.6 Å². The molecule has 2 aliphatic carbocycles. The molecule has 2 N–H and O–H groups in total. The van der Waals surface area contributed by atoms with Crippen molar-refractivity contribution in [2.75, 3.05) is 11.6 Å². The number of halogens is 2. The summed E-state index contributed by atoms with van der Waals surface area (Å²) in [6, 6.07) is 4.66. The minimum Gasteiger partial charge on any atom is -0.422 e. The third-order valence-corrected chi connectivity index (χ3v) is 8.42. The van der Waals surface area contributed by atoms with Gasteiger partial charge in [-0.2, -0.15) is 0 Å². The topological polar surface area (TPSA) is 110 Å². The quantitative estimate of drug-likeness (QED) is 0.359. The summed E-state index contributed by atoms with van der Waals surface area (Å²) in [7, 11) is -3.52. The highest BCUT2D eigenvalue weighted by atomic mass is 127. The van der Waals surface area contributed by atoms with Crippen LogP contribution in [0.4, 0.5) is 15.8 Å². The Balaban J connectivity index is 1.79. The van der Waals surface area contributed by atoms with Crippen LogP contribution in [0.3, 0.4) is 0 Å². The van der Waals surface area contributed by atoms with E-state index < -0.39 is 27.4 Å². The predicted octanol–water partition coefficient (Wildman–Crippen LogP) is 5.12. The number of anilines is 2. The highest BCUT2D eigenvalue weighted by molar-refractivity contribution is 14.1. The van der Waals surface area contributed by atoms with Crippen molar-refractivity contribution >= 4 is 55.0 Å². The van der Waals surface area contributed by atoms with Gasteiger partial charge < -0.3 is 14.3 Å². The van der Waals surface area contributed by atoms with Crippen LogP contribution in [0.5, 0.6) is 0 Å². The Morgan fingerprint density at radius 2 is 1.89 bits per heavy atom. The summed E-state index contributed by atoms with van der Waals surface area (Å²) in [6.07, 6.45) is 8.13. The lowest BCUT2D eigenvalue weighted by molar-refractivity contribution is 0.519. The third kappa shape index (κ3) is 4.81. The largest absolute Gasteiger partial charge is 0.422 e. The van der Waals surface area contributed by atoms with Gasteiger partial charge in [0.2, 0.25) is 10.0 Å². The van der Waals surface area contributed by atoms with Crippen LogP contribution >= 0.6 is 22.6 Å². The normalized spacial score (nSPS) is 19.5. The fraction of sp³-hybridized carbons (Fsp3) is 0.333. The van der Waals surface area contributed by atoms with Gasteiger partial charge in [0.25, 0.3) is 5.56 Å². The number of hydrogen-bond acceptors (Lipinski definition) is 6. The third-order valence-electron chi connectivity index (χ3n) is 7.14. The number of nitrogens with zero attached hydrogens (tertiary/aromatic N) is 1. The van der Waals surface area contributed by atoms with E-state index in [1.165, 1.54) is 6.07 Å². The van der Waals surface area contributed by atoms with Crippen LogP contribution in [-0.2, 0) is 10.0 Å². The Morgan fingerprint density at radius 3 is 2.53 bits per heavy atom. The molecule has 2 aromatic heterocycles. The molecule has 11 heteroatoms. The summed E-state index contributed by atoms with van der Waals surface area (Å²) >= 11 is 2.01. The van der Waals surface area contributed by atoms with Gasteiger partial charge in [0.1, 0.15) is 11.2 Å². The molecule has 0 bridgehead atoms. The van der Waals surface area contributed by atoms with Gasteiger partial charge >= 0.3 is 5.63 Å². The number of nitrogens with one attached hydrogen (secondary N) is 2. The number of rotatable bonds is 6.